The van der Waals surface area contributed by atoms with Crippen molar-refractivity contribution in [2.45, 2.75) is 26.4 Å². The SMILES string of the molecule is CC(C)(C)OC(=O)Nc1ccc(N)cc1B(O)O. The quantitative estimate of drug-likeness (QED) is 0.447. The van der Waals surface area contributed by atoms with Gasteiger partial charge in [0.05, 0.1) is 0 Å². The Morgan fingerprint density at radius 2 is 2.00 bits per heavy atom. The highest BCUT2D eigenvalue weighted by Gasteiger charge is 2.20. The van der Waals surface area contributed by atoms with E-state index in [0.717, 1.165) is 0 Å². The molecule has 0 saturated carbocycles. The van der Waals surface area contributed by atoms with E-state index in [1.54, 1.807) is 26.8 Å². The third-order valence-electron chi connectivity index (χ3n) is 1.99. The second kappa shape index (κ2) is 5.28. The molecular weight excluding hydrogens is 235 g/mol. The predicted octanol–water partition coefficient (Wildman–Crippen LogP) is 0.296. The molecule has 18 heavy (non-hydrogen) atoms. The summed E-state index contributed by atoms with van der Waals surface area (Å²) in [7, 11) is -1.72. The number of benzene rings is 1. The van der Waals surface area contributed by atoms with Crippen LogP contribution in [0.2, 0.25) is 0 Å². The lowest BCUT2D eigenvalue weighted by Gasteiger charge is -2.20. The van der Waals surface area contributed by atoms with E-state index in [2.05, 4.69) is 5.32 Å². The highest BCUT2D eigenvalue weighted by atomic mass is 16.6. The molecule has 1 aromatic rings. The molecule has 0 atom stereocenters. The minimum atomic E-state index is -1.72. The molecule has 0 spiro atoms. The fourth-order valence-electron chi connectivity index (χ4n) is 1.32. The highest BCUT2D eigenvalue weighted by molar-refractivity contribution is 6.60. The molecule has 0 bridgehead atoms. The molecule has 6 nitrogen and oxygen atoms in total. The molecule has 1 rings (SSSR count). The van der Waals surface area contributed by atoms with Crippen molar-refractivity contribution in [3.05, 3.63) is 18.2 Å². The molecule has 7 heteroatoms. The molecule has 0 unspecified atom stereocenters. The molecule has 5 N–H and O–H groups in total. The summed E-state index contributed by atoms with van der Waals surface area (Å²) in [4.78, 5) is 11.6. The van der Waals surface area contributed by atoms with E-state index in [1.807, 2.05) is 0 Å². The Bertz CT molecular complexity index is 443. The fraction of sp³-hybridized carbons (Fsp3) is 0.364. The normalized spacial score (nSPS) is 10.9. The molecule has 0 aromatic heterocycles. The summed E-state index contributed by atoms with van der Waals surface area (Å²) in [6.07, 6.45) is -0.672. The number of nitrogens with two attached hydrogens (primary N) is 1. The van der Waals surface area contributed by atoms with E-state index in [9.17, 15) is 14.8 Å². The highest BCUT2D eigenvalue weighted by Crippen LogP contribution is 2.12. The van der Waals surface area contributed by atoms with E-state index in [-0.39, 0.29) is 11.2 Å². The number of carbonyl (C=O) groups is 1. The van der Waals surface area contributed by atoms with Gasteiger partial charge in [-0.3, -0.25) is 5.32 Å². The van der Waals surface area contributed by atoms with Crippen LogP contribution in [0.1, 0.15) is 20.8 Å². The average Bonchev–Trinajstić information content (AvgIpc) is 2.17. The number of ether oxygens (including phenoxy) is 1. The number of rotatable bonds is 2. The smallest absolute Gasteiger partial charge is 0.444 e. The molecule has 1 aromatic carbocycles. The lowest BCUT2D eigenvalue weighted by atomic mass is 9.78. The van der Waals surface area contributed by atoms with Gasteiger partial charge in [0.2, 0.25) is 0 Å². The van der Waals surface area contributed by atoms with Crippen LogP contribution in [-0.4, -0.2) is 28.9 Å². The van der Waals surface area contributed by atoms with Gasteiger partial charge in [-0.15, -0.1) is 0 Å². The van der Waals surface area contributed by atoms with Crippen LogP contribution in [0.15, 0.2) is 18.2 Å². The number of nitrogens with one attached hydrogen (secondary N) is 1. The van der Waals surface area contributed by atoms with Crippen molar-refractivity contribution < 1.29 is 19.6 Å². The summed E-state index contributed by atoms with van der Waals surface area (Å²) in [5.41, 5.74) is 5.63. The number of hydrogen-bond donors (Lipinski definition) is 4. The van der Waals surface area contributed by atoms with Crippen molar-refractivity contribution >= 4 is 30.0 Å². The number of nitrogen functional groups attached to an aromatic ring is 1. The van der Waals surface area contributed by atoms with Crippen molar-refractivity contribution in [3.63, 3.8) is 0 Å². The molecule has 0 aliphatic heterocycles. The van der Waals surface area contributed by atoms with Gasteiger partial charge in [0.15, 0.2) is 0 Å². The van der Waals surface area contributed by atoms with Crippen molar-refractivity contribution in [1.82, 2.24) is 0 Å². The van der Waals surface area contributed by atoms with Gasteiger partial charge in [-0.2, -0.15) is 0 Å². The fourth-order valence-corrected chi connectivity index (χ4v) is 1.32. The van der Waals surface area contributed by atoms with E-state index in [4.69, 9.17) is 10.5 Å². The molecule has 98 valence electrons. The van der Waals surface area contributed by atoms with Crippen LogP contribution in [-0.2, 0) is 4.74 Å². The van der Waals surface area contributed by atoms with Gasteiger partial charge >= 0.3 is 13.2 Å². The third kappa shape index (κ3) is 4.27. The summed E-state index contributed by atoms with van der Waals surface area (Å²) in [6, 6.07) is 4.39. The van der Waals surface area contributed by atoms with Crippen molar-refractivity contribution in [2.75, 3.05) is 11.1 Å². The van der Waals surface area contributed by atoms with E-state index < -0.39 is 18.8 Å². The van der Waals surface area contributed by atoms with Gasteiger partial charge in [-0.25, -0.2) is 4.79 Å². The Morgan fingerprint density at radius 1 is 1.39 bits per heavy atom. The maximum Gasteiger partial charge on any atom is 0.490 e. The van der Waals surface area contributed by atoms with E-state index in [0.29, 0.717) is 5.69 Å². The summed E-state index contributed by atoms with van der Waals surface area (Å²) in [5, 5.41) is 20.8. The third-order valence-corrected chi connectivity index (χ3v) is 1.99. The molecular formula is C11H17BN2O4. The van der Waals surface area contributed by atoms with Gasteiger partial charge in [0.1, 0.15) is 5.60 Å². The number of carbonyl (C=O) groups excluding carboxylic acids is 1. The summed E-state index contributed by atoms with van der Waals surface area (Å²) >= 11 is 0. The van der Waals surface area contributed by atoms with Crippen molar-refractivity contribution in [1.29, 1.82) is 0 Å². The topological polar surface area (TPSA) is 105 Å². The second-order valence-electron chi connectivity index (χ2n) is 4.85. The zero-order chi connectivity index (χ0) is 13.9. The van der Waals surface area contributed by atoms with Crippen LogP contribution < -0.4 is 16.5 Å². The molecule has 0 aliphatic carbocycles. The number of anilines is 2. The molecule has 0 saturated heterocycles. The minimum absolute atomic E-state index is 0.112. The van der Waals surface area contributed by atoms with Crippen LogP contribution in [0.5, 0.6) is 0 Å². The van der Waals surface area contributed by atoms with Gasteiger partial charge in [0.25, 0.3) is 0 Å². The van der Waals surface area contributed by atoms with Crippen LogP contribution >= 0.6 is 0 Å². The maximum absolute atomic E-state index is 11.6. The summed E-state index contributed by atoms with van der Waals surface area (Å²) in [6.45, 7) is 5.20. The zero-order valence-corrected chi connectivity index (χ0v) is 10.6. The Hall–Kier alpha value is -1.73. The minimum Gasteiger partial charge on any atom is -0.444 e. The van der Waals surface area contributed by atoms with Gasteiger partial charge in [-0.1, -0.05) is 0 Å². The predicted molar refractivity (Wildman–Crippen MR) is 70.5 cm³/mol. The molecule has 0 radical (unpaired) electrons. The first-order valence-electron chi connectivity index (χ1n) is 5.44. The first-order chi connectivity index (χ1) is 8.19. The first-order valence-corrected chi connectivity index (χ1v) is 5.44. The summed E-state index contributed by atoms with van der Waals surface area (Å²) < 4.78 is 5.06. The first kappa shape index (κ1) is 14.3. The maximum atomic E-state index is 11.6. The summed E-state index contributed by atoms with van der Waals surface area (Å²) in [5.74, 6) is 0. The van der Waals surface area contributed by atoms with Crippen molar-refractivity contribution in [3.8, 4) is 0 Å². The monoisotopic (exact) mass is 252 g/mol. The van der Waals surface area contributed by atoms with Crippen LogP contribution in [0.3, 0.4) is 0 Å². The molecule has 0 heterocycles. The largest absolute Gasteiger partial charge is 0.490 e. The van der Waals surface area contributed by atoms with Crippen LogP contribution in [0.25, 0.3) is 0 Å². The van der Waals surface area contributed by atoms with Gasteiger partial charge in [0, 0.05) is 16.8 Å². The van der Waals surface area contributed by atoms with E-state index in [1.165, 1.54) is 12.1 Å². The standard InChI is InChI=1S/C11H17BN2O4/c1-11(2,3)18-10(15)14-9-5-4-7(13)6-8(9)12(16)17/h4-6,16-17H,13H2,1-3H3,(H,14,15). The molecule has 0 aliphatic rings. The Labute approximate surface area is 106 Å². The van der Waals surface area contributed by atoms with Crippen molar-refractivity contribution in [2.24, 2.45) is 0 Å². The Morgan fingerprint density at radius 3 is 2.50 bits per heavy atom. The number of amides is 1. The lowest BCUT2D eigenvalue weighted by molar-refractivity contribution is 0.0636. The molecule has 1 amide bonds. The average molecular weight is 252 g/mol. The zero-order valence-electron chi connectivity index (χ0n) is 10.6. The second-order valence-corrected chi connectivity index (χ2v) is 4.85. The lowest BCUT2D eigenvalue weighted by Crippen LogP contribution is -2.35. The van der Waals surface area contributed by atoms with Crippen LogP contribution in [0.4, 0.5) is 16.2 Å². The Kier molecular flexibility index (Phi) is 4.21. The van der Waals surface area contributed by atoms with Gasteiger partial charge in [-0.05, 0) is 39.0 Å². The van der Waals surface area contributed by atoms with Crippen LogP contribution in [0, 0.1) is 0 Å². The van der Waals surface area contributed by atoms with E-state index >= 15 is 0 Å². The van der Waals surface area contributed by atoms with Gasteiger partial charge < -0.3 is 20.5 Å². The Balaban J connectivity index is 2.88. The number of hydrogen-bond acceptors (Lipinski definition) is 5. The molecule has 0 fully saturated rings.